The van der Waals surface area contributed by atoms with E-state index in [0.717, 1.165) is 34.0 Å². The Bertz CT molecular complexity index is 540. The summed E-state index contributed by atoms with van der Waals surface area (Å²) in [6, 6.07) is 7.81. The zero-order valence-electron chi connectivity index (χ0n) is 11.1. The summed E-state index contributed by atoms with van der Waals surface area (Å²) in [4.78, 5) is 0. The average Bonchev–Trinajstić information content (AvgIpc) is 2.63. The van der Waals surface area contributed by atoms with Crippen LogP contribution in [0.5, 0.6) is 5.75 Å². The van der Waals surface area contributed by atoms with E-state index in [-0.39, 0.29) is 5.38 Å². The van der Waals surface area contributed by atoms with E-state index in [1.165, 1.54) is 0 Å². The third-order valence-corrected chi connectivity index (χ3v) is 3.75. The van der Waals surface area contributed by atoms with Crippen LogP contribution < -0.4 is 4.74 Å². The summed E-state index contributed by atoms with van der Waals surface area (Å²) in [6.45, 7) is 5.96. The second-order valence-electron chi connectivity index (χ2n) is 4.39. The van der Waals surface area contributed by atoms with Gasteiger partial charge in [-0.2, -0.15) is 0 Å². The molecule has 2 aromatic rings. The Hall–Kier alpha value is -1.41. The lowest BCUT2D eigenvalue weighted by atomic mass is 10.0. The molecule has 0 spiro atoms. The number of aryl methyl sites for hydroxylation is 2. The fourth-order valence-electron chi connectivity index (χ4n) is 2.12. The van der Waals surface area contributed by atoms with Crippen molar-refractivity contribution < 1.29 is 9.15 Å². The number of hydrogen-bond donors (Lipinski definition) is 0. The van der Waals surface area contributed by atoms with Crippen molar-refractivity contribution in [3.63, 3.8) is 0 Å². The average molecular weight is 265 g/mol. The molecule has 0 N–H and O–H groups in total. The summed E-state index contributed by atoms with van der Waals surface area (Å²) in [6.07, 6.45) is 0. The highest BCUT2D eigenvalue weighted by atomic mass is 35.5. The molecule has 18 heavy (non-hydrogen) atoms. The molecule has 0 fully saturated rings. The van der Waals surface area contributed by atoms with E-state index in [1.807, 2.05) is 45.0 Å². The summed E-state index contributed by atoms with van der Waals surface area (Å²) < 4.78 is 10.8. The summed E-state index contributed by atoms with van der Waals surface area (Å²) in [5, 5.41) is -0.187. The van der Waals surface area contributed by atoms with Crippen molar-refractivity contribution in [2.75, 3.05) is 7.11 Å². The zero-order valence-corrected chi connectivity index (χ0v) is 11.8. The zero-order chi connectivity index (χ0) is 13.3. The van der Waals surface area contributed by atoms with Crippen molar-refractivity contribution in [3.05, 3.63) is 52.5 Å². The van der Waals surface area contributed by atoms with Gasteiger partial charge in [-0.3, -0.25) is 0 Å². The van der Waals surface area contributed by atoms with Crippen molar-refractivity contribution in [2.45, 2.75) is 26.1 Å². The van der Waals surface area contributed by atoms with Gasteiger partial charge in [0.15, 0.2) is 0 Å². The fourth-order valence-corrected chi connectivity index (χ4v) is 2.59. The maximum Gasteiger partial charge on any atom is 0.118 e. The Morgan fingerprint density at radius 2 is 1.67 bits per heavy atom. The number of benzene rings is 1. The lowest BCUT2D eigenvalue weighted by molar-refractivity contribution is 0.414. The minimum absolute atomic E-state index is 0.187. The van der Waals surface area contributed by atoms with Crippen LogP contribution in [0.3, 0.4) is 0 Å². The molecular weight excluding hydrogens is 248 g/mol. The number of hydrogen-bond acceptors (Lipinski definition) is 2. The molecule has 1 heterocycles. The molecule has 3 heteroatoms. The molecule has 0 radical (unpaired) electrons. The molecule has 2 rings (SSSR count). The Labute approximate surface area is 113 Å². The molecule has 2 nitrogen and oxygen atoms in total. The third kappa shape index (κ3) is 2.25. The normalized spacial score (nSPS) is 12.5. The summed E-state index contributed by atoms with van der Waals surface area (Å²) in [5.41, 5.74) is 3.24. The van der Waals surface area contributed by atoms with Gasteiger partial charge >= 0.3 is 0 Å². The van der Waals surface area contributed by atoms with Crippen molar-refractivity contribution in [3.8, 4) is 5.75 Å². The SMILES string of the molecule is COc1ccc(C(Cl)c2c(C)oc(C)c2C)cc1. The molecule has 96 valence electrons. The summed E-state index contributed by atoms with van der Waals surface area (Å²) >= 11 is 6.55. The second-order valence-corrected chi connectivity index (χ2v) is 4.83. The minimum Gasteiger partial charge on any atom is -0.497 e. The standard InChI is InChI=1S/C15H17ClO2/c1-9-10(2)18-11(3)14(9)15(16)12-5-7-13(17-4)8-6-12/h5-8,15H,1-4H3. The molecule has 0 saturated heterocycles. The highest BCUT2D eigenvalue weighted by Crippen LogP contribution is 2.36. The topological polar surface area (TPSA) is 22.4 Å². The Morgan fingerprint density at radius 3 is 2.11 bits per heavy atom. The van der Waals surface area contributed by atoms with Crippen LogP contribution in [0, 0.1) is 20.8 Å². The number of halogens is 1. The summed E-state index contributed by atoms with van der Waals surface area (Å²) in [7, 11) is 1.65. The predicted molar refractivity (Wildman–Crippen MR) is 73.6 cm³/mol. The van der Waals surface area contributed by atoms with Gasteiger partial charge < -0.3 is 9.15 Å². The quantitative estimate of drug-likeness (QED) is 0.760. The molecule has 1 aromatic carbocycles. The molecule has 0 aliphatic heterocycles. The highest BCUT2D eigenvalue weighted by molar-refractivity contribution is 6.22. The van der Waals surface area contributed by atoms with Crippen LogP contribution in [0.1, 0.15) is 33.6 Å². The largest absolute Gasteiger partial charge is 0.497 e. The lowest BCUT2D eigenvalue weighted by Crippen LogP contribution is -1.96. The van der Waals surface area contributed by atoms with Crippen molar-refractivity contribution in [2.24, 2.45) is 0 Å². The monoisotopic (exact) mass is 264 g/mol. The first-order chi connectivity index (χ1) is 8.54. The maximum atomic E-state index is 6.55. The molecule has 1 aromatic heterocycles. The number of alkyl halides is 1. The van der Waals surface area contributed by atoms with Crippen LogP contribution in [0.15, 0.2) is 28.7 Å². The molecule has 0 aliphatic carbocycles. The van der Waals surface area contributed by atoms with Gasteiger partial charge in [0.25, 0.3) is 0 Å². The fraction of sp³-hybridized carbons (Fsp3) is 0.333. The van der Waals surface area contributed by atoms with Crippen LogP contribution in [0.2, 0.25) is 0 Å². The highest BCUT2D eigenvalue weighted by Gasteiger charge is 2.20. The number of methoxy groups -OCH3 is 1. The lowest BCUT2D eigenvalue weighted by Gasteiger charge is -2.11. The van der Waals surface area contributed by atoms with E-state index >= 15 is 0 Å². The molecule has 0 amide bonds. The van der Waals surface area contributed by atoms with Gasteiger partial charge in [-0.05, 0) is 44.0 Å². The Morgan fingerprint density at radius 1 is 1.06 bits per heavy atom. The smallest absolute Gasteiger partial charge is 0.118 e. The first kappa shape index (κ1) is 13.0. The van der Waals surface area contributed by atoms with Crippen LogP contribution in [0.4, 0.5) is 0 Å². The van der Waals surface area contributed by atoms with Gasteiger partial charge in [-0.25, -0.2) is 0 Å². The number of rotatable bonds is 3. The van der Waals surface area contributed by atoms with E-state index in [1.54, 1.807) is 7.11 Å². The minimum atomic E-state index is -0.187. The molecule has 0 aliphatic rings. The van der Waals surface area contributed by atoms with Crippen molar-refractivity contribution >= 4 is 11.6 Å². The van der Waals surface area contributed by atoms with Crippen molar-refractivity contribution in [1.29, 1.82) is 0 Å². The molecular formula is C15H17ClO2. The number of ether oxygens (including phenoxy) is 1. The van der Waals surface area contributed by atoms with Gasteiger partial charge in [0.05, 0.1) is 12.5 Å². The first-order valence-corrected chi connectivity index (χ1v) is 6.32. The Balaban J connectivity index is 2.37. The van der Waals surface area contributed by atoms with Crippen LogP contribution in [-0.2, 0) is 0 Å². The molecule has 1 unspecified atom stereocenters. The molecule has 1 atom stereocenters. The van der Waals surface area contributed by atoms with E-state index < -0.39 is 0 Å². The van der Waals surface area contributed by atoms with Gasteiger partial charge in [0.2, 0.25) is 0 Å². The van der Waals surface area contributed by atoms with Crippen LogP contribution in [0.25, 0.3) is 0 Å². The number of furan rings is 1. The first-order valence-electron chi connectivity index (χ1n) is 5.89. The van der Waals surface area contributed by atoms with E-state index in [4.69, 9.17) is 20.8 Å². The van der Waals surface area contributed by atoms with Crippen molar-refractivity contribution in [1.82, 2.24) is 0 Å². The van der Waals surface area contributed by atoms with E-state index in [9.17, 15) is 0 Å². The predicted octanol–water partition coefficient (Wildman–Crippen LogP) is 4.54. The molecule has 0 bridgehead atoms. The van der Waals surface area contributed by atoms with Crippen LogP contribution >= 0.6 is 11.6 Å². The van der Waals surface area contributed by atoms with Crippen LogP contribution in [-0.4, -0.2) is 7.11 Å². The second kappa shape index (κ2) is 5.07. The molecule has 0 saturated carbocycles. The third-order valence-electron chi connectivity index (χ3n) is 3.28. The van der Waals surface area contributed by atoms with Gasteiger partial charge in [0, 0.05) is 5.56 Å². The summed E-state index contributed by atoms with van der Waals surface area (Å²) in [5.74, 6) is 2.65. The van der Waals surface area contributed by atoms with E-state index in [0.29, 0.717) is 0 Å². The van der Waals surface area contributed by atoms with E-state index in [2.05, 4.69) is 0 Å². The maximum absolute atomic E-state index is 6.55. The van der Waals surface area contributed by atoms with Gasteiger partial charge in [-0.1, -0.05) is 12.1 Å². The Kier molecular flexibility index (Phi) is 3.67. The van der Waals surface area contributed by atoms with Gasteiger partial charge in [0.1, 0.15) is 17.3 Å². The van der Waals surface area contributed by atoms with Gasteiger partial charge in [-0.15, -0.1) is 11.6 Å².